The Bertz CT molecular complexity index is 275. The lowest BCUT2D eigenvalue weighted by atomic mass is 9.82. The molecule has 1 fully saturated rings. The molecule has 14 heavy (non-hydrogen) atoms. The lowest BCUT2D eigenvalue weighted by Gasteiger charge is -2.25. The molecule has 0 aliphatic heterocycles. The average Bonchev–Trinajstić information content (AvgIpc) is 2.74. The quantitative estimate of drug-likeness (QED) is 0.776. The maximum Gasteiger partial charge on any atom is 0.0825 e. The number of aromatic amines is 1. The number of aromatic nitrogens is 2. The van der Waals surface area contributed by atoms with Gasteiger partial charge in [-0.2, -0.15) is 5.10 Å². The highest BCUT2D eigenvalue weighted by Gasteiger charge is 2.31. The van der Waals surface area contributed by atoms with Crippen LogP contribution in [-0.2, 0) is 0 Å². The van der Waals surface area contributed by atoms with Gasteiger partial charge in [-0.1, -0.05) is 19.8 Å². The van der Waals surface area contributed by atoms with E-state index < -0.39 is 0 Å². The Morgan fingerprint density at radius 1 is 1.57 bits per heavy atom. The lowest BCUT2D eigenvalue weighted by molar-refractivity contribution is 0.109. The highest BCUT2D eigenvalue weighted by atomic mass is 16.3. The van der Waals surface area contributed by atoms with Gasteiger partial charge in [0.05, 0.1) is 12.3 Å². The predicted octanol–water partition coefficient (Wildman–Crippen LogP) is 2.41. The molecule has 1 aliphatic rings. The minimum absolute atomic E-state index is 0.344. The Morgan fingerprint density at radius 2 is 2.29 bits per heavy atom. The SMILES string of the molecule is CC1(CC(O)c2cn[nH]c2)CCCC1. The van der Waals surface area contributed by atoms with Crippen molar-refractivity contribution >= 4 is 0 Å². The molecule has 1 aromatic heterocycles. The highest BCUT2D eigenvalue weighted by molar-refractivity contribution is 5.07. The van der Waals surface area contributed by atoms with Crippen molar-refractivity contribution in [2.75, 3.05) is 0 Å². The average molecular weight is 194 g/mol. The van der Waals surface area contributed by atoms with Crippen molar-refractivity contribution in [3.63, 3.8) is 0 Å². The van der Waals surface area contributed by atoms with Crippen LogP contribution in [0.1, 0.15) is 50.7 Å². The summed E-state index contributed by atoms with van der Waals surface area (Å²) in [6, 6.07) is 0. The molecule has 2 rings (SSSR count). The van der Waals surface area contributed by atoms with Crippen molar-refractivity contribution in [2.24, 2.45) is 5.41 Å². The summed E-state index contributed by atoms with van der Waals surface area (Å²) < 4.78 is 0. The van der Waals surface area contributed by atoms with Gasteiger partial charge in [0, 0.05) is 11.8 Å². The first-order valence-electron chi connectivity index (χ1n) is 5.36. The van der Waals surface area contributed by atoms with Gasteiger partial charge in [0.2, 0.25) is 0 Å². The molecule has 0 aromatic carbocycles. The summed E-state index contributed by atoms with van der Waals surface area (Å²) >= 11 is 0. The third-order valence-electron chi connectivity index (χ3n) is 3.40. The fraction of sp³-hybridized carbons (Fsp3) is 0.727. The molecule has 0 bridgehead atoms. The number of hydrogen-bond donors (Lipinski definition) is 2. The van der Waals surface area contributed by atoms with E-state index >= 15 is 0 Å². The zero-order chi connectivity index (χ0) is 10.0. The van der Waals surface area contributed by atoms with Crippen LogP contribution in [0, 0.1) is 5.41 Å². The Balaban J connectivity index is 1.97. The number of rotatable bonds is 3. The third kappa shape index (κ3) is 1.98. The molecule has 0 spiro atoms. The molecule has 78 valence electrons. The standard InChI is InChI=1S/C11H18N2O/c1-11(4-2-3-5-11)6-10(14)9-7-12-13-8-9/h7-8,10,14H,2-6H2,1H3,(H,12,13). The van der Waals surface area contributed by atoms with Gasteiger partial charge in [0.15, 0.2) is 0 Å². The largest absolute Gasteiger partial charge is 0.388 e. The second kappa shape index (κ2) is 3.73. The molecule has 1 unspecified atom stereocenters. The summed E-state index contributed by atoms with van der Waals surface area (Å²) in [5.74, 6) is 0. The van der Waals surface area contributed by atoms with Gasteiger partial charge in [-0.3, -0.25) is 5.10 Å². The van der Waals surface area contributed by atoms with Gasteiger partial charge in [0.25, 0.3) is 0 Å². The van der Waals surface area contributed by atoms with Crippen LogP contribution in [0.3, 0.4) is 0 Å². The van der Waals surface area contributed by atoms with Gasteiger partial charge in [-0.25, -0.2) is 0 Å². The summed E-state index contributed by atoms with van der Waals surface area (Å²) in [7, 11) is 0. The van der Waals surface area contributed by atoms with E-state index in [1.54, 1.807) is 12.4 Å². The molecular formula is C11H18N2O. The first-order valence-corrected chi connectivity index (χ1v) is 5.36. The molecule has 2 N–H and O–H groups in total. The van der Waals surface area contributed by atoms with Crippen LogP contribution in [0.25, 0.3) is 0 Å². The van der Waals surface area contributed by atoms with Crippen molar-refractivity contribution in [3.8, 4) is 0 Å². The number of aliphatic hydroxyl groups is 1. The smallest absolute Gasteiger partial charge is 0.0825 e. The normalized spacial score (nSPS) is 22.4. The number of nitrogens with one attached hydrogen (secondary N) is 1. The van der Waals surface area contributed by atoms with Gasteiger partial charge < -0.3 is 5.11 Å². The monoisotopic (exact) mass is 194 g/mol. The van der Waals surface area contributed by atoms with Crippen LogP contribution in [0.4, 0.5) is 0 Å². The Labute approximate surface area is 84.5 Å². The Morgan fingerprint density at radius 3 is 2.86 bits per heavy atom. The zero-order valence-electron chi connectivity index (χ0n) is 8.66. The maximum absolute atomic E-state index is 9.98. The summed E-state index contributed by atoms with van der Waals surface area (Å²) in [6.45, 7) is 2.28. The third-order valence-corrected chi connectivity index (χ3v) is 3.40. The second-order valence-electron chi connectivity index (χ2n) is 4.77. The van der Waals surface area contributed by atoms with E-state index in [-0.39, 0.29) is 6.10 Å². The van der Waals surface area contributed by atoms with Crippen LogP contribution in [0.5, 0.6) is 0 Å². The number of aliphatic hydroxyl groups excluding tert-OH is 1. The number of nitrogens with zero attached hydrogens (tertiary/aromatic N) is 1. The van der Waals surface area contributed by atoms with Crippen molar-refractivity contribution < 1.29 is 5.11 Å². The molecule has 3 nitrogen and oxygen atoms in total. The number of H-pyrrole nitrogens is 1. The molecule has 1 heterocycles. The van der Waals surface area contributed by atoms with Crippen LogP contribution < -0.4 is 0 Å². The molecule has 1 atom stereocenters. The van der Waals surface area contributed by atoms with Crippen LogP contribution in [-0.4, -0.2) is 15.3 Å². The zero-order valence-corrected chi connectivity index (χ0v) is 8.66. The summed E-state index contributed by atoms with van der Waals surface area (Å²) in [5, 5.41) is 16.6. The molecule has 1 aromatic rings. The van der Waals surface area contributed by atoms with E-state index in [1.165, 1.54) is 25.7 Å². The molecule has 0 radical (unpaired) electrons. The van der Waals surface area contributed by atoms with Crippen LogP contribution >= 0.6 is 0 Å². The van der Waals surface area contributed by atoms with Crippen LogP contribution in [0.15, 0.2) is 12.4 Å². The van der Waals surface area contributed by atoms with Crippen molar-refractivity contribution in [2.45, 2.75) is 45.1 Å². The fourth-order valence-corrected chi connectivity index (χ4v) is 2.46. The number of hydrogen-bond acceptors (Lipinski definition) is 2. The molecule has 1 aliphatic carbocycles. The minimum Gasteiger partial charge on any atom is -0.388 e. The van der Waals surface area contributed by atoms with Crippen LogP contribution in [0.2, 0.25) is 0 Å². The van der Waals surface area contributed by atoms with Crippen molar-refractivity contribution in [1.82, 2.24) is 10.2 Å². The summed E-state index contributed by atoms with van der Waals surface area (Å²) in [5.41, 5.74) is 1.26. The van der Waals surface area contributed by atoms with Gasteiger partial charge in [-0.05, 0) is 24.7 Å². The lowest BCUT2D eigenvalue weighted by Crippen LogP contribution is -2.15. The van der Waals surface area contributed by atoms with E-state index in [4.69, 9.17) is 0 Å². The Kier molecular flexibility index (Phi) is 2.59. The first-order chi connectivity index (χ1) is 6.70. The Hall–Kier alpha value is -0.830. The highest BCUT2D eigenvalue weighted by Crippen LogP contribution is 2.43. The molecule has 1 saturated carbocycles. The van der Waals surface area contributed by atoms with Crippen molar-refractivity contribution in [1.29, 1.82) is 0 Å². The van der Waals surface area contributed by atoms with Gasteiger partial charge in [0.1, 0.15) is 0 Å². The van der Waals surface area contributed by atoms with E-state index in [1.807, 2.05) is 0 Å². The van der Waals surface area contributed by atoms with Crippen molar-refractivity contribution in [3.05, 3.63) is 18.0 Å². The van der Waals surface area contributed by atoms with E-state index in [9.17, 15) is 5.11 Å². The topological polar surface area (TPSA) is 48.9 Å². The molecule has 0 saturated heterocycles. The fourth-order valence-electron chi connectivity index (χ4n) is 2.46. The first kappa shape index (κ1) is 9.71. The molecule has 3 heteroatoms. The second-order valence-corrected chi connectivity index (χ2v) is 4.77. The summed E-state index contributed by atoms with van der Waals surface area (Å²) in [6.07, 6.45) is 9.14. The van der Waals surface area contributed by atoms with E-state index in [0.29, 0.717) is 5.41 Å². The predicted molar refractivity (Wildman–Crippen MR) is 54.7 cm³/mol. The minimum atomic E-state index is -0.350. The van der Waals surface area contributed by atoms with E-state index in [2.05, 4.69) is 17.1 Å². The molecular weight excluding hydrogens is 176 g/mol. The van der Waals surface area contributed by atoms with Gasteiger partial charge in [-0.15, -0.1) is 0 Å². The van der Waals surface area contributed by atoms with E-state index in [0.717, 1.165) is 12.0 Å². The maximum atomic E-state index is 9.98. The van der Waals surface area contributed by atoms with Gasteiger partial charge >= 0.3 is 0 Å². The molecule has 0 amide bonds. The summed E-state index contributed by atoms with van der Waals surface area (Å²) in [4.78, 5) is 0.